The van der Waals surface area contributed by atoms with Crippen LogP contribution in [0.2, 0.25) is 0 Å². The third-order valence-electron chi connectivity index (χ3n) is 6.79. The Balaban J connectivity index is 1.34. The van der Waals surface area contributed by atoms with Crippen molar-refractivity contribution in [2.45, 2.75) is 45.1 Å². The molecule has 9 nitrogen and oxygen atoms in total. The van der Waals surface area contributed by atoms with E-state index < -0.39 is 0 Å². The van der Waals surface area contributed by atoms with Crippen LogP contribution >= 0.6 is 0 Å². The highest BCUT2D eigenvalue weighted by Crippen LogP contribution is 2.26. The van der Waals surface area contributed by atoms with Crippen LogP contribution in [0.5, 0.6) is 0 Å². The van der Waals surface area contributed by atoms with Crippen LogP contribution in [0, 0.1) is 6.92 Å². The van der Waals surface area contributed by atoms with E-state index in [0.717, 1.165) is 60.0 Å². The molecule has 0 bridgehead atoms. The fourth-order valence-corrected chi connectivity index (χ4v) is 4.73. The number of fused-ring (bicyclic) bond motifs is 1. The predicted octanol–water partition coefficient (Wildman–Crippen LogP) is 2.96. The third kappa shape index (κ3) is 4.78. The molecule has 0 atom stereocenters. The molecule has 3 aromatic rings. The summed E-state index contributed by atoms with van der Waals surface area (Å²) in [6, 6.07) is 6.22. The van der Waals surface area contributed by atoms with Gasteiger partial charge in [-0.25, -0.2) is 4.98 Å². The lowest BCUT2D eigenvalue weighted by molar-refractivity contribution is -0.347. The molecule has 1 aliphatic carbocycles. The molecule has 1 saturated carbocycles. The highest BCUT2D eigenvalue weighted by atomic mass is 16.2. The fraction of sp³-hybridized carbons (Fsp3) is 0.500. The largest absolute Gasteiger partial charge is 0.364 e. The van der Waals surface area contributed by atoms with Crippen molar-refractivity contribution < 1.29 is 9.78 Å². The second-order valence-electron chi connectivity index (χ2n) is 9.28. The molecule has 2 aliphatic rings. The van der Waals surface area contributed by atoms with Gasteiger partial charge in [0.1, 0.15) is 0 Å². The number of likely N-dealkylation sites (N-methyl/N-ethyl adjacent to an activating group) is 1. The predicted molar refractivity (Wildman–Crippen MR) is 129 cm³/mol. The normalized spacial score (nSPS) is 17.9. The van der Waals surface area contributed by atoms with Crippen LogP contribution in [0.15, 0.2) is 24.5 Å². The van der Waals surface area contributed by atoms with Crippen LogP contribution in [-0.2, 0) is 0 Å². The number of amides is 1. The molecule has 2 fully saturated rings. The number of aromatic nitrogens is 4. The molecule has 1 saturated heterocycles. The lowest BCUT2D eigenvalue weighted by atomic mass is 9.95. The molecule has 0 radical (unpaired) electrons. The van der Waals surface area contributed by atoms with Crippen LogP contribution < -0.4 is 15.6 Å². The fourth-order valence-electron chi connectivity index (χ4n) is 4.73. The summed E-state index contributed by atoms with van der Waals surface area (Å²) >= 11 is 0. The second-order valence-corrected chi connectivity index (χ2v) is 9.28. The number of hydrogen-bond acceptors (Lipinski definition) is 6. The zero-order valence-electron chi connectivity index (χ0n) is 19.4. The molecule has 1 aliphatic heterocycles. The number of benzene rings is 1. The third-order valence-corrected chi connectivity index (χ3v) is 6.79. The number of imidazole rings is 1. The number of hydrogen-bond donors (Lipinski definition) is 3. The van der Waals surface area contributed by atoms with Crippen molar-refractivity contribution in [3.8, 4) is 0 Å². The smallest absolute Gasteiger partial charge is 0.307 e. The highest BCUT2D eigenvalue weighted by molar-refractivity contribution is 5.95. The van der Waals surface area contributed by atoms with Crippen molar-refractivity contribution in [3.05, 3.63) is 35.7 Å². The van der Waals surface area contributed by atoms with Crippen molar-refractivity contribution >= 4 is 34.5 Å². The van der Waals surface area contributed by atoms with Gasteiger partial charge in [0.05, 0.1) is 0 Å². The summed E-state index contributed by atoms with van der Waals surface area (Å²) < 4.78 is 0. The number of anilines is 3. The standard InChI is InChI=1S/C24H32N8O/c1-16-14-17(23(33)32-12-10-31(2)11-13-32)8-9-19(16)28-24-29-21-20(25-15-26-21)22(30-24)27-18-6-4-3-5-7-18/h8-9,14-15,18H,3-7,10-13H2,1-2H3,(H3,25,26,27,28,29,30)/p+1. The second kappa shape index (κ2) is 9.35. The maximum Gasteiger partial charge on any atom is 0.307 e. The van der Waals surface area contributed by atoms with E-state index in [1.165, 1.54) is 32.1 Å². The first-order chi connectivity index (χ1) is 16.1. The first kappa shape index (κ1) is 21.6. The molecule has 5 rings (SSSR count). The van der Waals surface area contributed by atoms with Crippen molar-refractivity contribution in [3.63, 3.8) is 0 Å². The van der Waals surface area contributed by atoms with Gasteiger partial charge in [0.15, 0.2) is 12.1 Å². The number of carbonyl (C=O) groups excluding carboxylic acids is 1. The molecular formula is C24H33N8O+. The maximum absolute atomic E-state index is 12.9. The van der Waals surface area contributed by atoms with Crippen molar-refractivity contribution in [2.24, 2.45) is 0 Å². The van der Waals surface area contributed by atoms with Gasteiger partial charge in [-0.2, -0.15) is 4.98 Å². The SMILES string of the molecule is Cc1cc(C(=O)N2CCN(C)CC2)ccc1Nc1nc(NC2CCCCC2)c2[nH]c[nH+]c2n1. The summed E-state index contributed by atoms with van der Waals surface area (Å²) in [4.78, 5) is 32.9. The number of nitrogens with one attached hydrogen (secondary N) is 4. The topological polar surface area (TPSA) is 103 Å². The van der Waals surface area contributed by atoms with Crippen LogP contribution in [0.1, 0.15) is 48.0 Å². The van der Waals surface area contributed by atoms with E-state index in [2.05, 4.69) is 37.5 Å². The van der Waals surface area contributed by atoms with E-state index in [9.17, 15) is 4.79 Å². The summed E-state index contributed by atoms with van der Waals surface area (Å²) in [5.74, 6) is 1.43. The Morgan fingerprint density at radius 3 is 2.67 bits per heavy atom. The maximum atomic E-state index is 12.9. The highest BCUT2D eigenvalue weighted by Gasteiger charge is 2.22. The molecular weight excluding hydrogens is 416 g/mol. The summed E-state index contributed by atoms with van der Waals surface area (Å²) in [5.41, 5.74) is 4.24. The van der Waals surface area contributed by atoms with Gasteiger partial charge < -0.3 is 20.4 Å². The van der Waals surface area contributed by atoms with Crippen LogP contribution in [0.25, 0.3) is 11.2 Å². The van der Waals surface area contributed by atoms with Gasteiger partial charge in [0.25, 0.3) is 5.91 Å². The molecule has 1 aromatic carbocycles. The van der Waals surface area contributed by atoms with Gasteiger partial charge in [-0.15, -0.1) is 0 Å². The molecule has 174 valence electrons. The Labute approximate surface area is 194 Å². The van der Waals surface area contributed by atoms with Gasteiger partial charge >= 0.3 is 11.6 Å². The molecule has 0 unspecified atom stereocenters. The Kier molecular flexibility index (Phi) is 6.13. The Hall–Kier alpha value is -3.20. The lowest BCUT2D eigenvalue weighted by Crippen LogP contribution is -2.47. The lowest BCUT2D eigenvalue weighted by Gasteiger charge is -2.32. The van der Waals surface area contributed by atoms with E-state index in [0.29, 0.717) is 12.0 Å². The minimum Gasteiger partial charge on any atom is -0.364 e. The van der Waals surface area contributed by atoms with Crippen LogP contribution in [-0.4, -0.2) is 69.9 Å². The van der Waals surface area contributed by atoms with E-state index in [4.69, 9.17) is 4.98 Å². The molecule has 3 heterocycles. The number of carbonyl (C=O) groups is 1. The number of rotatable bonds is 5. The summed E-state index contributed by atoms with van der Waals surface area (Å²) in [7, 11) is 2.09. The van der Waals surface area contributed by atoms with E-state index in [1.54, 1.807) is 6.33 Å². The molecule has 0 spiro atoms. The van der Waals surface area contributed by atoms with Crippen LogP contribution in [0.3, 0.4) is 0 Å². The Bertz CT molecular complexity index is 1130. The van der Waals surface area contributed by atoms with E-state index in [-0.39, 0.29) is 5.91 Å². The number of aromatic amines is 2. The molecule has 9 heteroatoms. The van der Waals surface area contributed by atoms with Gasteiger partial charge in [0.2, 0.25) is 5.52 Å². The summed E-state index contributed by atoms with van der Waals surface area (Å²) in [5, 5.41) is 6.97. The summed E-state index contributed by atoms with van der Waals surface area (Å²) in [6.45, 7) is 5.37. The monoisotopic (exact) mass is 449 g/mol. The number of H-pyrrole nitrogens is 2. The van der Waals surface area contributed by atoms with Crippen LogP contribution in [0.4, 0.5) is 17.5 Å². The van der Waals surface area contributed by atoms with Crippen molar-refractivity contribution in [1.82, 2.24) is 24.8 Å². The first-order valence-electron chi connectivity index (χ1n) is 12.0. The van der Waals surface area contributed by atoms with Gasteiger partial charge in [-0.3, -0.25) is 9.78 Å². The zero-order valence-corrected chi connectivity index (χ0v) is 19.4. The number of piperazine rings is 1. The van der Waals surface area contributed by atoms with Gasteiger partial charge in [0, 0.05) is 43.5 Å². The molecule has 1 amide bonds. The first-order valence-corrected chi connectivity index (χ1v) is 12.0. The van der Waals surface area contributed by atoms with E-state index in [1.807, 2.05) is 30.0 Å². The Morgan fingerprint density at radius 2 is 1.91 bits per heavy atom. The zero-order chi connectivity index (χ0) is 22.8. The molecule has 4 N–H and O–H groups in total. The number of aryl methyl sites for hydroxylation is 1. The quantitative estimate of drug-likeness (QED) is 0.553. The molecule has 33 heavy (non-hydrogen) atoms. The van der Waals surface area contributed by atoms with Gasteiger partial charge in [-0.1, -0.05) is 24.2 Å². The average Bonchev–Trinajstić information content (AvgIpc) is 3.30. The van der Waals surface area contributed by atoms with Gasteiger partial charge in [-0.05, 0) is 50.6 Å². The minimum atomic E-state index is 0.0938. The number of nitrogens with zero attached hydrogens (tertiary/aromatic N) is 4. The van der Waals surface area contributed by atoms with Crippen molar-refractivity contribution in [1.29, 1.82) is 0 Å². The minimum absolute atomic E-state index is 0.0938. The average molecular weight is 450 g/mol. The van der Waals surface area contributed by atoms with E-state index >= 15 is 0 Å². The summed E-state index contributed by atoms with van der Waals surface area (Å²) in [6.07, 6.45) is 7.94. The Morgan fingerprint density at radius 1 is 1.12 bits per heavy atom. The van der Waals surface area contributed by atoms with Crippen molar-refractivity contribution in [2.75, 3.05) is 43.9 Å². The molecule has 2 aromatic heterocycles.